The SMILES string of the molecule is N#CCOc1c(Br)cc(/C=N/NC(=O)CN2CCOCC2)cc1Br. The van der Waals surface area contributed by atoms with Crippen LogP contribution in [0, 0.1) is 11.3 Å². The standard InChI is InChI=1S/C15H16Br2N4O3/c16-12-7-11(8-13(17)15(12)24-4-1-18)9-19-20-14(22)10-21-2-5-23-6-3-21/h7-9H,2-6,10H2,(H,20,22)/b19-9+. The van der Waals surface area contributed by atoms with Gasteiger partial charge in [-0.2, -0.15) is 10.4 Å². The lowest BCUT2D eigenvalue weighted by Crippen LogP contribution is -2.42. The molecule has 1 N–H and O–H groups in total. The molecular formula is C15H16Br2N4O3. The van der Waals surface area contributed by atoms with E-state index in [9.17, 15) is 4.79 Å². The van der Waals surface area contributed by atoms with E-state index in [1.54, 1.807) is 18.3 Å². The highest BCUT2D eigenvalue weighted by molar-refractivity contribution is 9.11. The molecule has 1 fully saturated rings. The van der Waals surface area contributed by atoms with Gasteiger partial charge >= 0.3 is 0 Å². The van der Waals surface area contributed by atoms with Gasteiger partial charge in [-0.3, -0.25) is 9.69 Å². The monoisotopic (exact) mass is 458 g/mol. The van der Waals surface area contributed by atoms with Crippen molar-refractivity contribution in [1.29, 1.82) is 5.26 Å². The zero-order valence-electron chi connectivity index (χ0n) is 12.8. The van der Waals surface area contributed by atoms with Gasteiger partial charge in [0.15, 0.2) is 6.61 Å². The first-order valence-corrected chi connectivity index (χ1v) is 8.79. The molecule has 0 bridgehead atoms. The number of benzene rings is 1. The van der Waals surface area contributed by atoms with Crippen LogP contribution in [0.3, 0.4) is 0 Å². The Balaban J connectivity index is 1.89. The molecule has 0 radical (unpaired) electrons. The molecule has 1 aliphatic heterocycles. The molecule has 0 aliphatic carbocycles. The van der Waals surface area contributed by atoms with Gasteiger partial charge in [0.1, 0.15) is 11.8 Å². The first-order chi connectivity index (χ1) is 11.6. The van der Waals surface area contributed by atoms with E-state index in [4.69, 9.17) is 14.7 Å². The van der Waals surface area contributed by atoms with Crippen LogP contribution in [0.15, 0.2) is 26.2 Å². The molecule has 1 aromatic rings. The van der Waals surface area contributed by atoms with Gasteiger partial charge in [-0.1, -0.05) is 0 Å². The number of amides is 1. The minimum atomic E-state index is -0.166. The lowest BCUT2D eigenvalue weighted by molar-refractivity contribution is -0.123. The zero-order valence-corrected chi connectivity index (χ0v) is 16.0. The number of nitriles is 1. The lowest BCUT2D eigenvalue weighted by atomic mass is 10.2. The fraction of sp³-hybridized carbons (Fsp3) is 0.400. The van der Waals surface area contributed by atoms with Gasteiger partial charge in [-0.05, 0) is 49.6 Å². The number of hydrogen-bond donors (Lipinski definition) is 1. The van der Waals surface area contributed by atoms with Crippen LogP contribution in [0.4, 0.5) is 0 Å². The number of morpholine rings is 1. The van der Waals surface area contributed by atoms with Crippen LogP contribution in [0.25, 0.3) is 0 Å². The van der Waals surface area contributed by atoms with Crippen LogP contribution < -0.4 is 10.2 Å². The van der Waals surface area contributed by atoms with Gasteiger partial charge in [0.2, 0.25) is 0 Å². The number of carbonyl (C=O) groups is 1. The molecule has 9 heteroatoms. The molecule has 128 valence electrons. The molecule has 0 spiro atoms. The summed E-state index contributed by atoms with van der Waals surface area (Å²) in [6, 6.07) is 5.49. The summed E-state index contributed by atoms with van der Waals surface area (Å²) in [7, 11) is 0. The molecule has 0 unspecified atom stereocenters. The number of hydrogen-bond acceptors (Lipinski definition) is 6. The Labute approximate surface area is 156 Å². The Morgan fingerprint density at radius 3 is 2.71 bits per heavy atom. The Morgan fingerprint density at radius 1 is 1.42 bits per heavy atom. The summed E-state index contributed by atoms with van der Waals surface area (Å²) < 4.78 is 11.9. The van der Waals surface area contributed by atoms with Crippen molar-refractivity contribution in [3.63, 3.8) is 0 Å². The lowest BCUT2D eigenvalue weighted by Gasteiger charge is -2.25. The van der Waals surface area contributed by atoms with Gasteiger partial charge in [0, 0.05) is 13.1 Å². The minimum Gasteiger partial charge on any atom is -0.476 e. The summed E-state index contributed by atoms with van der Waals surface area (Å²) in [5, 5.41) is 12.5. The quantitative estimate of drug-likeness (QED) is 0.518. The van der Waals surface area contributed by atoms with Gasteiger partial charge in [0.05, 0.1) is 34.9 Å². The van der Waals surface area contributed by atoms with Crippen molar-refractivity contribution in [3.05, 3.63) is 26.6 Å². The minimum absolute atomic E-state index is 0.0395. The zero-order chi connectivity index (χ0) is 17.4. The van der Waals surface area contributed by atoms with Crippen molar-refractivity contribution < 1.29 is 14.3 Å². The molecule has 1 amide bonds. The van der Waals surface area contributed by atoms with E-state index >= 15 is 0 Å². The summed E-state index contributed by atoms with van der Waals surface area (Å²) in [5.74, 6) is 0.380. The summed E-state index contributed by atoms with van der Waals surface area (Å²) in [6.45, 7) is 3.07. The molecule has 1 saturated heterocycles. The van der Waals surface area contributed by atoms with E-state index in [0.717, 1.165) is 18.7 Å². The van der Waals surface area contributed by atoms with Gasteiger partial charge in [-0.25, -0.2) is 5.43 Å². The summed E-state index contributed by atoms with van der Waals surface area (Å²) >= 11 is 6.77. The van der Waals surface area contributed by atoms with Crippen molar-refractivity contribution >= 4 is 44.0 Å². The molecule has 24 heavy (non-hydrogen) atoms. The maximum absolute atomic E-state index is 11.8. The summed E-state index contributed by atoms with van der Waals surface area (Å²) in [5.41, 5.74) is 3.28. The Morgan fingerprint density at radius 2 is 2.08 bits per heavy atom. The van der Waals surface area contributed by atoms with Gasteiger partial charge < -0.3 is 9.47 Å². The Bertz CT molecular complexity index is 632. The average Bonchev–Trinajstić information content (AvgIpc) is 2.55. The predicted octanol–water partition coefficient (Wildman–Crippen LogP) is 1.90. The fourth-order valence-corrected chi connectivity index (χ4v) is 3.52. The number of carbonyl (C=O) groups excluding carboxylic acids is 1. The maximum atomic E-state index is 11.8. The number of rotatable bonds is 6. The van der Waals surface area contributed by atoms with Crippen molar-refractivity contribution in [2.45, 2.75) is 0 Å². The van der Waals surface area contributed by atoms with Crippen molar-refractivity contribution in [2.75, 3.05) is 39.5 Å². The number of nitrogens with zero attached hydrogens (tertiary/aromatic N) is 3. The van der Waals surface area contributed by atoms with E-state index in [0.29, 0.717) is 34.5 Å². The van der Waals surface area contributed by atoms with Crippen LogP contribution in [-0.4, -0.2) is 56.5 Å². The third kappa shape index (κ3) is 5.87. The highest BCUT2D eigenvalue weighted by Crippen LogP contribution is 2.34. The van der Waals surface area contributed by atoms with E-state index in [1.807, 2.05) is 11.0 Å². The molecule has 0 atom stereocenters. The van der Waals surface area contributed by atoms with Crippen LogP contribution in [0.1, 0.15) is 5.56 Å². The first-order valence-electron chi connectivity index (χ1n) is 7.21. The van der Waals surface area contributed by atoms with Crippen molar-refractivity contribution in [3.8, 4) is 11.8 Å². The normalized spacial score (nSPS) is 15.2. The van der Waals surface area contributed by atoms with Gasteiger partial charge in [0.25, 0.3) is 5.91 Å². The maximum Gasteiger partial charge on any atom is 0.254 e. The van der Waals surface area contributed by atoms with E-state index in [2.05, 4.69) is 42.4 Å². The molecule has 0 aromatic heterocycles. The van der Waals surface area contributed by atoms with Crippen LogP contribution >= 0.6 is 31.9 Å². The summed E-state index contributed by atoms with van der Waals surface area (Å²) in [4.78, 5) is 13.8. The second-order valence-electron chi connectivity index (χ2n) is 4.94. The number of nitrogens with one attached hydrogen (secondary N) is 1. The Hall–Kier alpha value is -1.47. The van der Waals surface area contributed by atoms with Crippen molar-refractivity contribution in [2.24, 2.45) is 5.10 Å². The summed E-state index contributed by atoms with van der Waals surface area (Å²) in [6.07, 6.45) is 1.54. The third-order valence-electron chi connectivity index (χ3n) is 3.18. The smallest absolute Gasteiger partial charge is 0.254 e. The van der Waals surface area contributed by atoms with Crippen LogP contribution in [0.2, 0.25) is 0 Å². The second-order valence-corrected chi connectivity index (χ2v) is 6.65. The molecule has 1 aromatic carbocycles. The largest absolute Gasteiger partial charge is 0.476 e. The van der Waals surface area contributed by atoms with Gasteiger partial charge in [-0.15, -0.1) is 0 Å². The molecule has 1 aliphatic rings. The number of halogens is 2. The molecule has 7 nitrogen and oxygen atoms in total. The van der Waals surface area contributed by atoms with Crippen LogP contribution in [-0.2, 0) is 9.53 Å². The molecule has 2 rings (SSSR count). The predicted molar refractivity (Wildman–Crippen MR) is 95.9 cm³/mol. The second kappa shape index (κ2) is 9.74. The van der Waals surface area contributed by atoms with Crippen molar-refractivity contribution in [1.82, 2.24) is 10.3 Å². The Kier molecular flexibility index (Phi) is 7.65. The topological polar surface area (TPSA) is 86.9 Å². The average molecular weight is 460 g/mol. The molecule has 1 heterocycles. The fourth-order valence-electron chi connectivity index (χ4n) is 2.07. The number of ether oxygens (including phenoxy) is 2. The molecular weight excluding hydrogens is 444 g/mol. The van der Waals surface area contributed by atoms with E-state index in [1.165, 1.54) is 0 Å². The molecule has 0 saturated carbocycles. The van der Waals surface area contributed by atoms with E-state index in [-0.39, 0.29) is 12.5 Å². The number of hydrazone groups is 1. The highest BCUT2D eigenvalue weighted by Gasteiger charge is 2.13. The first kappa shape index (κ1) is 18.9. The third-order valence-corrected chi connectivity index (χ3v) is 4.35. The van der Waals surface area contributed by atoms with Crippen LogP contribution in [0.5, 0.6) is 5.75 Å². The van der Waals surface area contributed by atoms with E-state index < -0.39 is 0 Å². The highest BCUT2D eigenvalue weighted by atomic mass is 79.9.